The molecule has 0 amide bonds. The van der Waals surface area contributed by atoms with Crippen LogP contribution in [0.4, 0.5) is 17.8 Å². The van der Waals surface area contributed by atoms with Gasteiger partial charge in [-0.2, -0.15) is 15.0 Å². The monoisotopic (exact) mass is 266 g/mol. The molecule has 0 atom stereocenters. The number of phosphoric acid groups is 1. The van der Waals surface area contributed by atoms with Crippen LogP contribution in [0.2, 0.25) is 0 Å². The first-order chi connectivity index (χ1) is 6.18. The van der Waals surface area contributed by atoms with Gasteiger partial charge in [0.25, 0.3) is 0 Å². The maximum absolute atomic E-state index is 8.66. The molecule has 0 unspecified atom stereocenters. The largest absolute Gasteiger partial charge is 3.00 e. The van der Waals surface area contributed by atoms with Gasteiger partial charge in [-0.05, 0) is 0 Å². The number of rotatable bonds is 0. The van der Waals surface area contributed by atoms with Crippen LogP contribution in [-0.2, 0) is 4.57 Å². The topological polar surface area (TPSA) is 230 Å². The van der Waals surface area contributed by atoms with Crippen molar-refractivity contribution in [3.05, 3.63) is 0 Å². The molecule has 0 saturated heterocycles. The number of nitrogens with zero attached hydrogens (tertiary/aromatic N) is 3. The summed E-state index contributed by atoms with van der Waals surface area (Å²) in [5.41, 5.74) is 15.4. The summed E-state index contributed by atoms with van der Waals surface area (Å²) >= 11 is 0. The van der Waals surface area contributed by atoms with Gasteiger partial charge in [-0.3, -0.25) is 0 Å². The Morgan fingerprint density at radius 3 is 1.25 bits per heavy atom. The fourth-order valence-corrected chi connectivity index (χ4v) is 0.427. The molecule has 1 rings (SSSR count). The molecule has 1 aromatic rings. The summed E-state index contributed by atoms with van der Waals surface area (Å²) in [6.45, 7) is 0. The van der Waals surface area contributed by atoms with E-state index in [-0.39, 0.29) is 40.7 Å². The quantitative estimate of drug-likeness (QED) is 0.260. The van der Waals surface area contributed by atoms with E-state index in [0.717, 1.165) is 0 Å². The maximum Gasteiger partial charge on any atom is 3.00 e. The zero-order valence-electron chi connectivity index (χ0n) is 7.72. The minimum atomic E-state index is -5.14. The smallest absolute Gasteiger partial charge is 0.870 e. The second kappa shape index (κ2) is 8.20. The average Bonchev–Trinajstić information content (AvgIpc) is 1.77. The predicted octanol–water partition coefficient (Wildman–Crippen LogP) is -4.13. The number of hydrogen-bond donors (Lipinski definition) is 4. The van der Waals surface area contributed by atoms with Gasteiger partial charge in [0.05, 0.1) is 7.82 Å². The molecular formula is C3H8AlN6O5P. The van der Waals surface area contributed by atoms with Gasteiger partial charge in [0, 0.05) is 0 Å². The third-order valence-corrected chi connectivity index (χ3v) is 0.687. The van der Waals surface area contributed by atoms with Gasteiger partial charge < -0.3 is 41.9 Å². The molecule has 13 heteroatoms. The molecule has 0 aliphatic rings. The summed E-state index contributed by atoms with van der Waals surface area (Å²) in [4.78, 5) is 34.7. The molecule has 0 fully saturated rings. The molecule has 88 valence electrons. The van der Waals surface area contributed by atoms with E-state index >= 15 is 0 Å². The van der Waals surface area contributed by atoms with Gasteiger partial charge in [0.15, 0.2) is 0 Å². The van der Waals surface area contributed by atoms with Crippen LogP contribution in [0.15, 0.2) is 0 Å². The second-order valence-electron chi connectivity index (χ2n) is 1.88. The minimum absolute atomic E-state index is 0. The molecule has 0 saturated carbocycles. The Balaban J connectivity index is -0.000000214. The van der Waals surface area contributed by atoms with Gasteiger partial charge in [-0.1, -0.05) is 0 Å². The van der Waals surface area contributed by atoms with Crippen molar-refractivity contribution in [3.8, 4) is 0 Å². The molecule has 0 aromatic carbocycles. The molecule has 1 heterocycles. The number of nitrogen functional groups attached to an aromatic ring is 3. The normalized spacial score (nSPS) is 8.94. The SMILES string of the molecule is Nc1nc(N)nc(N)n1.O=P([O-])([O-])O.[Al+3].[OH-]. The number of hydrogen-bond acceptors (Lipinski definition) is 10. The zero-order valence-corrected chi connectivity index (χ0v) is 9.77. The van der Waals surface area contributed by atoms with Crippen LogP contribution in [0.3, 0.4) is 0 Å². The van der Waals surface area contributed by atoms with E-state index in [0.29, 0.717) is 0 Å². The minimum Gasteiger partial charge on any atom is -0.870 e. The van der Waals surface area contributed by atoms with Gasteiger partial charge >= 0.3 is 17.4 Å². The Labute approximate surface area is 100 Å². The summed E-state index contributed by atoms with van der Waals surface area (Å²) in [6.07, 6.45) is 0. The zero-order chi connectivity index (χ0) is 11.4. The van der Waals surface area contributed by atoms with Gasteiger partial charge in [-0.25, -0.2) is 0 Å². The summed E-state index contributed by atoms with van der Waals surface area (Å²) in [7, 11) is -5.14. The van der Waals surface area contributed by atoms with Crippen molar-refractivity contribution >= 4 is 43.0 Å². The van der Waals surface area contributed by atoms with Crippen LogP contribution >= 0.6 is 7.82 Å². The Morgan fingerprint density at radius 2 is 1.12 bits per heavy atom. The van der Waals surface area contributed by atoms with Crippen LogP contribution < -0.4 is 27.0 Å². The van der Waals surface area contributed by atoms with E-state index in [4.69, 9.17) is 36.4 Å². The maximum atomic E-state index is 8.66. The Bertz CT molecular complexity index is 299. The molecule has 11 nitrogen and oxygen atoms in total. The summed E-state index contributed by atoms with van der Waals surface area (Å²) in [5.74, 6) is 0.125. The number of aromatic nitrogens is 3. The fourth-order valence-electron chi connectivity index (χ4n) is 0.427. The Kier molecular flexibility index (Phi) is 10.5. The van der Waals surface area contributed by atoms with E-state index in [1.54, 1.807) is 0 Å². The molecule has 16 heavy (non-hydrogen) atoms. The third-order valence-electron chi connectivity index (χ3n) is 0.687. The molecule has 0 spiro atoms. The Morgan fingerprint density at radius 1 is 1.00 bits per heavy atom. The standard InChI is InChI=1S/C3H6N6.Al.H3O4P.H2O/c4-1-7-2(5)9-3(6)8-1;;1-5(2,3)4;/h(H6,4,5,6,7,8,9);;(H3,1,2,3,4);1H2/q;+3;;/p-3. The Hall–Kier alpha value is -0.988. The average molecular weight is 266 g/mol. The van der Waals surface area contributed by atoms with Gasteiger partial charge in [-0.15, -0.1) is 0 Å². The molecule has 0 aliphatic heterocycles. The van der Waals surface area contributed by atoms with Gasteiger partial charge in [0.2, 0.25) is 17.8 Å². The first-order valence-electron chi connectivity index (χ1n) is 2.96. The fraction of sp³-hybridized carbons (Fsp3) is 0. The van der Waals surface area contributed by atoms with E-state index in [1.165, 1.54) is 0 Å². The first-order valence-corrected chi connectivity index (χ1v) is 4.45. The summed E-state index contributed by atoms with van der Waals surface area (Å²) in [6, 6.07) is 0. The van der Waals surface area contributed by atoms with Crippen LogP contribution in [0, 0.1) is 0 Å². The third kappa shape index (κ3) is 15.5. The van der Waals surface area contributed by atoms with Crippen molar-refractivity contribution < 1.29 is 24.7 Å². The molecule has 1 aromatic heterocycles. The van der Waals surface area contributed by atoms with Crippen LogP contribution in [-0.4, -0.2) is 42.7 Å². The van der Waals surface area contributed by atoms with Crippen molar-refractivity contribution in [2.45, 2.75) is 0 Å². The van der Waals surface area contributed by atoms with E-state index < -0.39 is 7.82 Å². The molecule has 8 N–H and O–H groups in total. The number of nitrogens with two attached hydrogens (primary N) is 3. The van der Waals surface area contributed by atoms with Crippen LogP contribution in [0.1, 0.15) is 0 Å². The van der Waals surface area contributed by atoms with Crippen molar-refractivity contribution in [2.75, 3.05) is 17.2 Å². The summed E-state index contributed by atoms with van der Waals surface area (Å²) in [5, 5.41) is 0. The van der Waals surface area contributed by atoms with Gasteiger partial charge in [0.1, 0.15) is 0 Å². The summed E-state index contributed by atoms with van der Waals surface area (Å²) < 4.78 is 8.66. The van der Waals surface area contributed by atoms with E-state index in [1.807, 2.05) is 0 Å². The molecular weight excluding hydrogens is 258 g/mol. The first kappa shape index (κ1) is 20.4. The molecule has 0 radical (unpaired) electrons. The number of anilines is 3. The van der Waals surface area contributed by atoms with E-state index in [9.17, 15) is 0 Å². The predicted molar refractivity (Wildman–Crippen MR) is 50.6 cm³/mol. The van der Waals surface area contributed by atoms with Crippen molar-refractivity contribution in [2.24, 2.45) is 0 Å². The molecule has 0 aliphatic carbocycles. The van der Waals surface area contributed by atoms with Crippen LogP contribution in [0.25, 0.3) is 0 Å². The van der Waals surface area contributed by atoms with E-state index in [2.05, 4.69) is 15.0 Å². The van der Waals surface area contributed by atoms with Crippen molar-refractivity contribution in [3.63, 3.8) is 0 Å². The molecule has 0 bridgehead atoms. The second-order valence-corrected chi connectivity index (χ2v) is 2.82. The van der Waals surface area contributed by atoms with Crippen LogP contribution in [0.5, 0.6) is 0 Å². The van der Waals surface area contributed by atoms with Crippen molar-refractivity contribution in [1.82, 2.24) is 15.0 Å². The van der Waals surface area contributed by atoms with Crippen molar-refractivity contribution in [1.29, 1.82) is 0 Å².